The second kappa shape index (κ2) is 7.99. The average molecular weight is 381 g/mol. The summed E-state index contributed by atoms with van der Waals surface area (Å²) in [5, 5.41) is 25.9. The van der Waals surface area contributed by atoms with Crippen molar-refractivity contribution in [3.63, 3.8) is 0 Å². The van der Waals surface area contributed by atoms with Gasteiger partial charge in [0.25, 0.3) is 5.69 Å². The van der Waals surface area contributed by atoms with Gasteiger partial charge in [0.2, 0.25) is 0 Å². The molecule has 0 fully saturated rings. The van der Waals surface area contributed by atoms with Crippen molar-refractivity contribution in [2.45, 2.75) is 0 Å². The van der Waals surface area contributed by atoms with E-state index in [4.69, 9.17) is 4.74 Å². The summed E-state index contributed by atoms with van der Waals surface area (Å²) >= 11 is 0. The lowest BCUT2D eigenvalue weighted by atomic mass is 10.2. The van der Waals surface area contributed by atoms with Crippen molar-refractivity contribution in [3.05, 3.63) is 86.7 Å². The van der Waals surface area contributed by atoms with Crippen molar-refractivity contribution in [1.29, 1.82) is 0 Å². The van der Waals surface area contributed by atoms with Gasteiger partial charge in [0, 0.05) is 29.7 Å². The van der Waals surface area contributed by atoms with Crippen molar-refractivity contribution in [2.75, 3.05) is 12.5 Å². The highest BCUT2D eigenvalue weighted by molar-refractivity contribution is 5.80. The van der Waals surface area contributed by atoms with Gasteiger partial charge < -0.3 is 9.30 Å². The molecule has 0 aliphatic carbocycles. The Morgan fingerprint density at radius 1 is 1.07 bits per heavy atom. The predicted molar refractivity (Wildman–Crippen MR) is 103 cm³/mol. The lowest BCUT2D eigenvalue weighted by Crippen LogP contribution is -1.98. The number of nitro benzene ring substituents is 2. The summed E-state index contributed by atoms with van der Waals surface area (Å²) in [5.74, 6) is 0.756. The Labute approximate surface area is 159 Å². The van der Waals surface area contributed by atoms with Crippen LogP contribution < -0.4 is 10.2 Å². The molecule has 0 spiro atoms. The number of non-ortho nitro benzene ring substituents is 1. The Balaban J connectivity index is 1.74. The first-order valence-electron chi connectivity index (χ1n) is 8.02. The molecule has 0 aliphatic heterocycles. The normalized spacial score (nSPS) is 10.8. The number of hydrogen-bond donors (Lipinski definition) is 1. The maximum atomic E-state index is 11.1. The number of hydrogen-bond acceptors (Lipinski definition) is 7. The number of rotatable bonds is 7. The molecule has 1 heterocycles. The molecular weight excluding hydrogens is 366 g/mol. The zero-order chi connectivity index (χ0) is 20.1. The molecule has 0 amide bonds. The molecule has 0 aliphatic rings. The van der Waals surface area contributed by atoms with Crippen LogP contribution in [0.3, 0.4) is 0 Å². The summed E-state index contributed by atoms with van der Waals surface area (Å²) in [6, 6.07) is 12.6. The fourth-order valence-electron chi connectivity index (χ4n) is 2.46. The van der Waals surface area contributed by atoms with Crippen LogP contribution in [0.15, 0.2) is 66.0 Å². The fraction of sp³-hybridized carbons (Fsp3) is 0.0556. The van der Waals surface area contributed by atoms with E-state index in [1.807, 2.05) is 47.3 Å². The van der Waals surface area contributed by atoms with Gasteiger partial charge in [0.05, 0.1) is 29.2 Å². The number of benzene rings is 2. The highest BCUT2D eigenvalue weighted by Gasteiger charge is 2.19. The number of nitrogens with one attached hydrogen (secondary N) is 1. The predicted octanol–water partition coefficient (Wildman–Crippen LogP) is 3.75. The van der Waals surface area contributed by atoms with Crippen LogP contribution in [0.1, 0.15) is 5.56 Å². The average Bonchev–Trinajstić information content (AvgIpc) is 3.17. The first-order valence-corrected chi connectivity index (χ1v) is 8.02. The van der Waals surface area contributed by atoms with Crippen LogP contribution in [0.5, 0.6) is 5.75 Å². The number of ether oxygens (including phenoxy) is 1. The second-order valence-electron chi connectivity index (χ2n) is 5.64. The summed E-state index contributed by atoms with van der Waals surface area (Å²) in [5.41, 5.74) is 3.51. The number of anilines is 1. The minimum absolute atomic E-state index is 0.0569. The number of hydrazone groups is 1. The third-order valence-corrected chi connectivity index (χ3v) is 3.87. The molecule has 28 heavy (non-hydrogen) atoms. The number of methoxy groups -OCH3 is 1. The van der Waals surface area contributed by atoms with Crippen LogP contribution in [-0.2, 0) is 0 Å². The first-order chi connectivity index (χ1) is 13.5. The molecule has 0 saturated heterocycles. The van der Waals surface area contributed by atoms with Crippen LogP contribution >= 0.6 is 0 Å². The van der Waals surface area contributed by atoms with Crippen molar-refractivity contribution in [1.82, 2.24) is 4.57 Å². The SMILES string of the molecule is COc1ccc(-n2ccc(/C=N\Nc3ccc([N+](=O)[O-])cc3[N+](=O)[O-])c2)cc1. The molecular formula is C18H15N5O5. The Kier molecular flexibility index (Phi) is 5.30. The largest absolute Gasteiger partial charge is 0.497 e. The third-order valence-electron chi connectivity index (χ3n) is 3.87. The topological polar surface area (TPSA) is 125 Å². The van der Waals surface area contributed by atoms with Gasteiger partial charge >= 0.3 is 5.69 Å². The van der Waals surface area contributed by atoms with E-state index in [0.717, 1.165) is 23.1 Å². The molecule has 3 aromatic rings. The molecule has 0 saturated carbocycles. The Bertz CT molecular complexity index is 1040. The van der Waals surface area contributed by atoms with Crippen LogP contribution in [0, 0.1) is 20.2 Å². The molecule has 142 valence electrons. The molecule has 1 N–H and O–H groups in total. The quantitative estimate of drug-likeness (QED) is 0.377. The van der Waals surface area contributed by atoms with Gasteiger partial charge in [-0.25, -0.2) is 0 Å². The summed E-state index contributed by atoms with van der Waals surface area (Å²) in [4.78, 5) is 20.5. The molecule has 2 aromatic carbocycles. The second-order valence-corrected chi connectivity index (χ2v) is 5.64. The van der Waals surface area contributed by atoms with Gasteiger partial charge in [-0.1, -0.05) is 0 Å². The molecule has 10 nitrogen and oxygen atoms in total. The number of nitro groups is 2. The van der Waals surface area contributed by atoms with Gasteiger partial charge in [-0.2, -0.15) is 5.10 Å². The highest BCUT2D eigenvalue weighted by Crippen LogP contribution is 2.28. The summed E-state index contributed by atoms with van der Waals surface area (Å²) in [7, 11) is 1.60. The Hall–Kier alpha value is -4.21. The van der Waals surface area contributed by atoms with E-state index in [0.29, 0.717) is 0 Å². The minimum Gasteiger partial charge on any atom is -0.497 e. The van der Waals surface area contributed by atoms with Gasteiger partial charge in [0.15, 0.2) is 0 Å². The van der Waals surface area contributed by atoms with E-state index < -0.39 is 15.5 Å². The minimum atomic E-state index is -0.703. The molecule has 0 bridgehead atoms. The lowest BCUT2D eigenvalue weighted by molar-refractivity contribution is -0.393. The molecule has 0 radical (unpaired) electrons. The van der Waals surface area contributed by atoms with Gasteiger partial charge in [-0.3, -0.25) is 25.7 Å². The van der Waals surface area contributed by atoms with Crippen molar-refractivity contribution in [2.24, 2.45) is 5.10 Å². The maximum absolute atomic E-state index is 11.1. The molecule has 1 aromatic heterocycles. The smallest absolute Gasteiger partial charge is 0.301 e. The number of nitrogens with zero attached hydrogens (tertiary/aromatic N) is 4. The van der Waals surface area contributed by atoms with Gasteiger partial charge in [0.1, 0.15) is 11.4 Å². The molecule has 0 atom stereocenters. The van der Waals surface area contributed by atoms with Crippen LogP contribution in [0.4, 0.5) is 17.1 Å². The summed E-state index contributed by atoms with van der Waals surface area (Å²) in [6.07, 6.45) is 5.17. The van der Waals surface area contributed by atoms with Crippen LogP contribution in [-0.4, -0.2) is 27.7 Å². The maximum Gasteiger partial charge on any atom is 0.301 e. The standard InChI is InChI=1S/C18H15N5O5/c1-28-16-5-2-14(3-6-16)21-9-8-13(12-21)11-19-20-17-7-4-15(22(24)25)10-18(17)23(26)27/h2-12,20H,1H3/b19-11-. The first kappa shape index (κ1) is 18.6. The monoisotopic (exact) mass is 381 g/mol. The summed E-state index contributed by atoms with van der Waals surface area (Å²) < 4.78 is 7.01. The van der Waals surface area contributed by atoms with Gasteiger partial charge in [-0.05, 0) is 36.4 Å². The van der Waals surface area contributed by atoms with E-state index >= 15 is 0 Å². The number of aromatic nitrogens is 1. The highest BCUT2D eigenvalue weighted by atomic mass is 16.6. The fourth-order valence-corrected chi connectivity index (χ4v) is 2.46. The zero-order valence-corrected chi connectivity index (χ0v) is 14.7. The zero-order valence-electron chi connectivity index (χ0n) is 14.7. The summed E-state index contributed by atoms with van der Waals surface area (Å²) in [6.45, 7) is 0. The van der Waals surface area contributed by atoms with Crippen molar-refractivity contribution in [3.8, 4) is 11.4 Å². The van der Waals surface area contributed by atoms with Crippen molar-refractivity contribution < 1.29 is 14.6 Å². The van der Waals surface area contributed by atoms with E-state index in [1.165, 1.54) is 18.3 Å². The lowest BCUT2D eigenvalue weighted by Gasteiger charge is -2.04. The third kappa shape index (κ3) is 4.12. The van der Waals surface area contributed by atoms with Crippen molar-refractivity contribution >= 4 is 23.3 Å². The van der Waals surface area contributed by atoms with E-state index in [2.05, 4.69) is 10.5 Å². The van der Waals surface area contributed by atoms with Crippen LogP contribution in [0.2, 0.25) is 0 Å². The Morgan fingerprint density at radius 2 is 1.82 bits per heavy atom. The molecule has 10 heteroatoms. The van der Waals surface area contributed by atoms with Crippen LogP contribution in [0.25, 0.3) is 5.69 Å². The van der Waals surface area contributed by atoms with E-state index in [1.54, 1.807) is 7.11 Å². The van der Waals surface area contributed by atoms with E-state index in [-0.39, 0.29) is 11.4 Å². The van der Waals surface area contributed by atoms with E-state index in [9.17, 15) is 20.2 Å². The molecule has 3 rings (SSSR count). The Morgan fingerprint density at radius 3 is 2.46 bits per heavy atom. The van der Waals surface area contributed by atoms with Gasteiger partial charge in [-0.15, -0.1) is 0 Å². The molecule has 0 unspecified atom stereocenters.